The van der Waals surface area contributed by atoms with Gasteiger partial charge in [-0.15, -0.1) is 0 Å². The fourth-order valence-electron chi connectivity index (χ4n) is 1.76. The van der Waals surface area contributed by atoms with E-state index in [0.29, 0.717) is 5.69 Å². The fraction of sp³-hybridized carbons (Fsp3) is 0.133. The summed E-state index contributed by atoms with van der Waals surface area (Å²) >= 11 is 3.30. The Bertz CT molecular complexity index is 774. The lowest BCUT2D eigenvalue weighted by atomic mass is 10.2. The van der Waals surface area contributed by atoms with Crippen LogP contribution in [0.3, 0.4) is 0 Å². The van der Waals surface area contributed by atoms with Crippen LogP contribution in [-0.2, 0) is 14.8 Å². The normalized spacial score (nSPS) is 11.2. The summed E-state index contributed by atoms with van der Waals surface area (Å²) in [6.07, 6.45) is 0. The Morgan fingerprint density at radius 1 is 1.14 bits per heavy atom. The molecule has 22 heavy (non-hydrogen) atoms. The van der Waals surface area contributed by atoms with Crippen molar-refractivity contribution in [3.05, 3.63) is 58.6 Å². The molecule has 0 saturated carbocycles. The highest BCUT2D eigenvalue weighted by atomic mass is 79.9. The Morgan fingerprint density at radius 3 is 2.45 bits per heavy atom. The van der Waals surface area contributed by atoms with Crippen LogP contribution in [0, 0.1) is 6.92 Å². The van der Waals surface area contributed by atoms with Gasteiger partial charge in [0.05, 0.1) is 11.4 Å². The van der Waals surface area contributed by atoms with Gasteiger partial charge in [-0.2, -0.15) is 0 Å². The third kappa shape index (κ3) is 4.66. The fourth-order valence-corrected chi connectivity index (χ4v) is 3.12. The standard InChI is InChI=1S/C15H15BrN2O3S/c1-11-3-2-4-14(9-11)22(20,21)17-10-15(19)18-13-7-5-12(16)6-8-13/h2-9,17H,10H2,1H3,(H,18,19). The van der Waals surface area contributed by atoms with E-state index in [-0.39, 0.29) is 11.4 Å². The zero-order chi connectivity index (χ0) is 16.2. The minimum Gasteiger partial charge on any atom is -0.325 e. The van der Waals surface area contributed by atoms with Crippen molar-refractivity contribution in [2.45, 2.75) is 11.8 Å². The average molecular weight is 383 g/mol. The van der Waals surface area contributed by atoms with Gasteiger partial charge in [-0.25, -0.2) is 13.1 Å². The van der Waals surface area contributed by atoms with E-state index in [4.69, 9.17) is 0 Å². The largest absolute Gasteiger partial charge is 0.325 e. The zero-order valence-corrected chi connectivity index (χ0v) is 14.2. The minimum atomic E-state index is -3.70. The van der Waals surface area contributed by atoms with Crippen LogP contribution >= 0.6 is 15.9 Å². The summed E-state index contributed by atoms with van der Waals surface area (Å²) in [6, 6.07) is 13.5. The maximum atomic E-state index is 12.1. The Hall–Kier alpha value is -1.70. The summed E-state index contributed by atoms with van der Waals surface area (Å²) in [5.41, 5.74) is 1.44. The van der Waals surface area contributed by atoms with Crippen molar-refractivity contribution in [3.8, 4) is 0 Å². The van der Waals surface area contributed by atoms with E-state index in [1.54, 1.807) is 49.4 Å². The van der Waals surface area contributed by atoms with Gasteiger partial charge in [-0.3, -0.25) is 4.79 Å². The highest BCUT2D eigenvalue weighted by molar-refractivity contribution is 9.10. The van der Waals surface area contributed by atoms with E-state index in [0.717, 1.165) is 10.0 Å². The monoisotopic (exact) mass is 382 g/mol. The van der Waals surface area contributed by atoms with Crippen molar-refractivity contribution in [2.24, 2.45) is 0 Å². The van der Waals surface area contributed by atoms with Gasteiger partial charge in [0.25, 0.3) is 0 Å². The number of amides is 1. The molecule has 0 saturated heterocycles. The Morgan fingerprint density at radius 2 is 1.82 bits per heavy atom. The molecule has 0 fully saturated rings. The van der Waals surface area contributed by atoms with Crippen molar-refractivity contribution < 1.29 is 13.2 Å². The van der Waals surface area contributed by atoms with Gasteiger partial charge in [0.1, 0.15) is 0 Å². The van der Waals surface area contributed by atoms with Crippen LogP contribution in [0.5, 0.6) is 0 Å². The first-order valence-corrected chi connectivity index (χ1v) is 8.76. The zero-order valence-electron chi connectivity index (χ0n) is 11.8. The summed E-state index contributed by atoms with van der Waals surface area (Å²) in [4.78, 5) is 11.9. The lowest BCUT2D eigenvalue weighted by Gasteiger charge is -2.08. The third-order valence-electron chi connectivity index (χ3n) is 2.85. The maximum Gasteiger partial charge on any atom is 0.241 e. The van der Waals surface area contributed by atoms with Gasteiger partial charge in [-0.1, -0.05) is 28.1 Å². The summed E-state index contributed by atoms with van der Waals surface area (Å²) in [7, 11) is -3.70. The summed E-state index contributed by atoms with van der Waals surface area (Å²) < 4.78 is 27.4. The van der Waals surface area contributed by atoms with E-state index in [1.807, 2.05) is 0 Å². The molecule has 0 unspecified atom stereocenters. The van der Waals surface area contributed by atoms with Crippen LogP contribution in [0.2, 0.25) is 0 Å². The summed E-state index contributed by atoms with van der Waals surface area (Å²) in [6.45, 7) is 1.48. The van der Waals surface area contributed by atoms with Crippen LogP contribution in [-0.4, -0.2) is 20.9 Å². The lowest BCUT2D eigenvalue weighted by molar-refractivity contribution is -0.115. The topological polar surface area (TPSA) is 75.3 Å². The third-order valence-corrected chi connectivity index (χ3v) is 4.78. The van der Waals surface area contributed by atoms with Crippen LogP contribution < -0.4 is 10.0 Å². The number of sulfonamides is 1. The lowest BCUT2D eigenvalue weighted by Crippen LogP contribution is -2.32. The molecule has 2 N–H and O–H groups in total. The van der Waals surface area contributed by atoms with Crippen molar-refractivity contribution in [3.63, 3.8) is 0 Å². The molecule has 0 bridgehead atoms. The molecule has 2 aromatic carbocycles. The molecule has 0 aliphatic carbocycles. The molecule has 0 atom stereocenters. The van der Waals surface area contributed by atoms with Gasteiger partial charge in [0.2, 0.25) is 15.9 Å². The first kappa shape index (κ1) is 16.7. The Kier molecular flexibility index (Phi) is 5.33. The molecule has 5 nitrogen and oxygen atoms in total. The van der Waals surface area contributed by atoms with Crippen molar-refractivity contribution in [1.82, 2.24) is 4.72 Å². The molecular weight excluding hydrogens is 368 g/mol. The van der Waals surface area contributed by atoms with E-state index < -0.39 is 15.9 Å². The van der Waals surface area contributed by atoms with Gasteiger partial charge in [0.15, 0.2) is 0 Å². The van der Waals surface area contributed by atoms with E-state index >= 15 is 0 Å². The highest BCUT2D eigenvalue weighted by Gasteiger charge is 2.15. The van der Waals surface area contributed by atoms with E-state index in [9.17, 15) is 13.2 Å². The SMILES string of the molecule is Cc1cccc(S(=O)(=O)NCC(=O)Nc2ccc(Br)cc2)c1. The van der Waals surface area contributed by atoms with E-state index in [1.165, 1.54) is 6.07 Å². The van der Waals surface area contributed by atoms with Crippen molar-refractivity contribution in [1.29, 1.82) is 0 Å². The van der Waals surface area contributed by atoms with Crippen LogP contribution in [0.1, 0.15) is 5.56 Å². The number of aryl methyl sites for hydroxylation is 1. The predicted molar refractivity (Wildman–Crippen MR) is 89.1 cm³/mol. The molecule has 2 rings (SSSR count). The molecule has 0 heterocycles. The molecular formula is C15H15BrN2O3S. The van der Waals surface area contributed by atoms with Crippen LogP contribution in [0.4, 0.5) is 5.69 Å². The maximum absolute atomic E-state index is 12.1. The van der Waals surface area contributed by atoms with Crippen LogP contribution in [0.15, 0.2) is 57.9 Å². The predicted octanol–water partition coefficient (Wildman–Crippen LogP) is 2.67. The molecule has 0 aliphatic rings. The number of nitrogens with one attached hydrogen (secondary N) is 2. The second kappa shape index (κ2) is 7.04. The quantitative estimate of drug-likeness (QED) is 0.834. The number of hydrogen-bond acceptors (Lipinski definition) is 3. The van der Waals surface area contributed by atoms with Gasteiger partial charge in [-0.05, 0) is 48.9 Å². The summed E-state index contributed by atoms with van der Waals surface area (Å²) in [5, 5.41) is 2.62. The molecule has 7 heteroatoms. The first-order valence-electron chi connectivity index (χ1n) is 6.48. The summed E-state index contributed by atoms with van der Waals surface area (Å²) in [5.74, 6) is -0.432. The average Bonchev–Trinajstić information content (AvgIpc) is 2.48. The number of benzene rings is 2. The number of hydrogen-bond donors (Lipinski definition) is 2. The van der Waals surface area contributed by atoms with Gasteiger partial charge < -0.3 is 5.32 Å². The Balaban J connectivity index is 1.97. The molecule has 1 amide bonds. The first-order chi connectivity index (χ1) is 10.4. The molecule has 2 aromatic rings. The number of rotatable bonds is 5. The van der Waals surface area contributed by atoms with Gasteiger partial charge >= 0.3 is 0 Å². The highest BCUT2D eigenvalue weighted by Crippen LogP contribution is 2.14. The van der Waals surface area contributed by atoms with E-state index in [2.05, 4.69) is 26.0 Å². The Labute approximate surface area is 137 Å². The van der Waals surface area contributed by atoms with Crippen molar-refractivity contribution in [2.75, 3.05) is 11.9 Å². The molecule has 0 aliphatic heterocycles. The molecule has 0 spiro atoms. The molecule has 0 aromatic heterocycles. The second-order valence-electron chi connectivity index (χ2n) is 4.70. The second-order valence-corrected chi connectivity index (χ2v) is 7.38. The van der Waals surface area contributed by atoms with Gasteiger partial charge in [0, 0.05) is 10.2 Å². The van der Waals surface area contributed by atoms with Crippen LogP contribution in [0.25, 0.3) is 0 Å². The minimum absolute atomic E-state index is 0.143. The van der Waals surface area contributed by atoms with Crippen molar-refractivity contribution >= 4 is 37.5 Å². The number of carbonyl (C=O) groups is 1. The molecule has 0 radical (unpaired) electrons. The number of anilines is 1. The smallest absolute Gasteiger partial charge is 0.241 e. The molecule has 116 valence electrons. The number of halogens is 1. The number of carbonyl (C=O) groups excluding carboxylic acids is 1.